The highest BCUT2D eigenvalue weighted by molar-refractivity contribution is 5.82. The van der Waals surface area contributed by atoms with Gasteiger partial charge < -0.3 is 25.0 Å². The average molecular weight is 477 g/mol. The van der Waals surface area contributed by atoms with Crippen LogP contribution in [0.4, 0.5) is 0 Å². The zero-order valence-corrected chi connectivity index (χ0v) is 20.1. The second-order valence-corrected chi connectivity index (χ2v) is 8.93. The molecule has 1 aromatic carbocycles. The quantitative estimate of drug-likeness (QED) is 0.546. The highest BCUT2D eigenvalue weighted by Crippen LogP contribution is 2.32. The molecule has 0 aliphatic carbocycles. The molecule has 4 rings (SSSR count). The van der Waals surface area contributed by atoms with Crippen LogP contribution in [0.1, 0.15) is 43.0 Å². The van der Waals surface area contributed by atoms with Gasteiger partial charge in [-0.2, -0.15) is 10.2 Å². The van der Waals surface area contributed by atoms with Crippen LogP contribution in [0.25, 0.3) is 22.8 Å². The minimum atomic E-state index is -0.934. The van der Waals surface area contributed by atoms with E-state index in [4.69, 9.17) is 15.0 Å². The van der Waals surface area contributed by atoms with E-state index in [0.717, 1.165) is 22.3 Å². The van der Waals surface area contributed by atoms with Crippen LogP contribution in [0, 0.1) is 18.3 Å². The van der Waals surface area contributed by atoms with Crippen LogP contribution in [-0.4, -0.2) is 55.8 Å². The third-order valence-corrected chi connectivity index (χ3v) is 6.04. The van der Waals surface area contributed by atoms with Gasteiger partial charge in [-0.25, -0.2) is 4.98 Å². The number of hydrogen-bond donors (Lipinski definition) is 2. The number of benzene rings is 1. The molecule has 0 unspecified atom stereocenters. The standard InChI is InChI=1S/C25H28N6O4/c1-13(2)34-23-17(10-26)9-18(11-28-23)24-29-22(30-35-24)20-6-5-16-12-31(8-7-19(16)14(20)3)25(33)21(27)15(4)32/h5-6,9,11,13,15,21,32H,7-8,12,27H2,1-4H3/t15-,21+/m1/s1. The first-order valence-corrected chi connectivity index (χ1v) is 11.4. The summed E-state index contributed by atoms with van der Waals surface area (Å²) in [4.78, 5) is 23.0. The van der Waals surface area contributed by atoms with E-state index in [1.165, 1.54) is 6.92 Å². The van der Waals surface area contributed by atoms with Crippen molar-refractivity contribution in [1.29, 1.82) is 5.26 Å². The monoisotopic (exact) mass is 476 g/mol. The number of nitriles is 1. The number of carbonyl (C=O) groups is 1. The van der Waals surface area contributed by atoms with Gasteiger partial charge in [0.15, 0.2) is 0 Å². The molecule has 1 amide bonds. The van der Waals surface area contributed by atoms with Gasteiger partial charge in [-0.15, -0.1) is 0 Å². The number of nitrogens with zero attached hydrogens (tertiary/aromatic N) is 5. The number of ether oxygens (including phenoxy) is 1. The number of rotatable bonds is 6. The Kier molecular flexibility index (Phi) is 6.82. The Labute approximate surface area is 203 Å². The van der Waals surface area contributed by atoms with Crippen LogP contribution < -0.4 is 10.5 Å². The first-order chi connectivity index (χ1) is 16.7. The number of nitrogens with two attached hydrogens (primary N) is 1. The largest absolute Gasteiger partial charge is 0.474 e. The molecule has 0 saturated carbocycles. The molecule has 2 aromatic heterocycles. The highest BCUT2D eigenvalue weighted by Gasteiger charge is 2.29. The zero-order chi connectivity index (χ0) is 25.3. The van der Waals surface area contributed by atoms with Gasteiger partial charge in [-0.1, -0.05) is 17.3 Å². The maximum atomic E-state index is 12.6. The number of aliphatic hydroxyl groups is 1. The summed E-state index contributed by atoms with van der Waals surface area (Å²) in [6, 6.07) is 6.63. The first kappa shape index (κ1) is 24.3. The van der Waals surface area contributed by atoms with Crippen LogP contribution >= 0.6 is 0 Å². The zero-order valence-electron chi connectivity index (χ0n) is 20.1. The molecule has 0 bridgehead atoms. The Morgan fingerprint density at radius 1 is 1.34 bits per heavy atom. The number of aromatic nitrogens is 3. The number of amides is 1. The summed E-state index contributed by atoms with van der Waals surface area (Å²) in [5.74, 6) is 0.681. The van der Waals surface area contributed by atoms with E-state index in [1.807, 2.05) is 32.9 Å². The molecule has 0 spiro atoms. The van der Waals surface area contributed by atoms with Gasteiger partial charge in [0, 0.05) is 24.8 Å². The molecule has 3 N–H and O–H groups in total. The van der Waals surface area contributed by atoms with Crippen LogP contribution in [0.3, 0.4) is 0 Å². The minimum Gasteiger partial charge on any atom is -0.474 e. The normalized spacial score (nSPS) is 14.9. The van der Waals surface area contributed by atoms with Gasteiger partial charge in [0.1, 0.15) is 17.7 Å². The number of fused-ring (bicyclic) bond motifs is 1. The molecular formula is C25H28N6O4. The highest BCUT2D eigenvalue weighted by atomic mass is 16.5. The van der Waals surface area contributed by atoms with Crippen molar-refractivity contribution in [2.75, 3.05) is 6.54 Å². The Hall–Kier alpha value is -3.81. The lowest BCUT2D eigenvalue weighted by Crippen LogP contribution is -2.50. The number of aliphatic hydroxyl groups excluding tert-OH is 1. The van der Waals surface area contributed by atoms with Gasteiger partial charge in [0.25, 0.3) is 5.89 Å². The van der Waals surface area contributed by atoms with E-state index in [2.05, 4.69) is 21.2 Å². The first-order valence-electron chi connectivity index (χ1n) is 11.4. The smallest absolute Gasteiger partial charge is 0.259 e. The minimum absolute atomic E-state index is 0.109. The fraction of sp³-hybridized carbons (Fsp3) is 0.400. The summed E-state index contributed by atoms with van der Waals surface area (Å²) >= 11 is 0. The van der Waals surface area contributed by atoms with E-state index in [0.29, 0.717) is 30.9 Å². The van der Waals surface area contributed by atoms with Crippen molar-refractivity contribution in [3.05, 3.63) is 46.6 Å². The Morgan fingerprint density at radius 3 is 2.80 bits per heavy atom. The van der Waals surface area contributed by atoms with Crippen molar-refractivity contribution in [2.24, 2.45) is 5.73 Å². The lowest BCUT2D eigenvalue weighted by atomic mass is 9.91. The van der Waals surface area contributed by atoms with Crippen LogP contribution in [0.2, 0.25) is 0 Å². The van der Waals surface area contributed by atoms with E-state index in [1.54, 1.807) is 17.2 Å². The molecule has 1 aliphatic heterocycles. The topological polar surface area (TPSA) is 151 Å². The molecule has 0 radical (unpaired) electrons. The molecule has 35 heavy (non-hydrogen) atoms. The summed E-state index contributed by atoms with van der Waals surface area (Å²) in [6.45, 7) is 8.18. The summed E-state index contributed by atoms with van der Waals surface area (Å²) in [7, 11) is 0. The van der Waals surface area contributed by atoms with Crippen molar-refractivity contribution >= 4 is 5.91 Å². The second-order valence-electron chi connectivity index (χ2n) is 8.93. The van der Waals surface area contributed by atoms with Gasteiger partial charge in [0.05, 0.1) is 17.8 Å². The van der Waals surface area contributed by atoms with Crippen molar-refractivity contribution in [3.8, 4) is 34.8 Å². The lowest BCUT2D eigenvalue weighted by Gasteiger charge is -2.32. The summed E-state index contributed by atoms with van der Waals surface area (Å²) in [5.41, 5.74) is 10.6. The van der Waals surface area contributed by atoms with E-state index in [9.17, 15) is 15.2 Å². The van der Waals surface area contributed by atoms with Crippen molar-refractivity contribution < 1.29 is 19.2 Å². The fourth-order valence-corrected chi connectivity index (χ4v) is 4.10. The van der Waals surface area contributed by atoms with Gasteiger partial charge in [0.2, 0.25) is 17.6 Å². The third kappa shape index (κ3) is 4.87. The molecule has 1 aliphatic rings. The molecule has 2 atom stereocenters. The van der Waals surface area contributed by atoms with E-state index < -0.39 is 12.1 Å². The molecular weight excluding hydrogens is 448 g/mol. The Morgan fingerprint density at radius 2 is 2.11 bits per heavy atom. The average Bonchev–Trinajstić information content (AvgIpc) is 3.33. The van der Waals surface area contributed by atoms with Gasteiger partial charge >= 0.3 is 0 Å². The van der Waals surface area contributed by atoms with E-state index >= 15 is 0 Å². The Balaban J connectivity index is 1.58. The van der Waals surface area contributed by atoms with Crippen molar-refractivity contribution in [1.82, 2.24) is 20.0 Å². The van der Waals surface area contributed by atoms with Crippen molar-refractivity contribution in [2.45, 2.75) is 58.9 Å². The molecule has 3 aromatic rings. The SMILES string of the molecule is Cc1c(-c2noc(-c3cnc(OC(C)C)c(C#N)c3)n2)ccc2c1CCN(C(=O)[C@@H](N)[C@@H](C)O)C2. The molecule has 10 nitrogen and oxygen atoms in total. The van der Waals surface area contributed by atoms with E-state index in [-0.39, 0.29) is 29.3 Å². The molecule has 10 heteroatoms. The summed E-state index contributed by atoms with van der Waals surface area (Å²) in [5, 5.41) is 23.3. The van der Waals surface area contributed by atoms with Crippen LogP contribution in [0.15, 0.2) is 28.9 Å². The molecule has 0 fully saturated rings. The number of hydrogen-bond acceptors (Lipinski definition) is 9. The molecule has 182 valence electrons. The lowest BCUT2D eigenvalue weighted by molar-refractivity contribution is -0.135. The Bertz CT molecular complexity index is 1290. The maximum absolute atomic E-state index is 12.6. The summed E-state index contributed by atoms with van der Waals surface area (Å²) < 4.78 is 11.1. The maximum Gasteiger partial charge on any atom is 0.259 e. The van der Waals surface area contributed by atoms with Crippen LogP contribution in [0.5, 0.6) is 5.88 Å². The fourth-order valence-electron chi connectivity index (χ4n) is 4.10. The predicted octanol–water partition coefficient (Wildman–Crippen LogP) is 2.36. The second kappa shape index (κ2) is 9.82. The third-order valence-electron chi connectivity index (χ3n) is 6.04. The number of pyridine rings is 1. The molecule has 0 saturated heterocycles. The number of carbonyl (C=O) groups excluding carboxylic acids is 1. The predicted molar refractivity (Wildman–Crippen MR) is 127 cm³/mol. The summed E-state index contributed by atoms with van der Waals surface area (Å²) in [6.07, 6.45) is 1.19. The van der Waals surface area contributed by atoms with Gasteiger partial charge in [-0.3, -0.25) is 4.79 Å². The molecule has 3 heterocycles. The van der Waals surface area contributed by atoms with Crippen molar-refractivity contribution in [3.63, 3.8) is 0 Å². The van der Waals surface area contributed by atoms with Gasteiger partial charge in [-0.05, 0) is 56.9 Å². The van der Waals surface area contributed by atoms with Crippen LogP contribution in [-0.2, 0) is 17.8 Å².